The molecule has 2 aromatic rings. The first kappa shape index (κ1) is 24.1. The van der Waals surface area contributed by atoms with Gasteiger partial charge in [0.25, 0.3) is 0 Å². The predicted octanol–water partition coefficient (Wildman–Crippen LogP) is 2.06. The molecule has 0 saturated carbocycles. The van der Waals surface area contributed by atoms with Gasteiger partial charge in [0.1, 0.15) is 34.2 Å². The molecule has 0 aliphatic rings. The van der Waals surface area contributed by atoms with Crippen molar-refractivity contribution >= 4 is 21.7 Å². The van der Waals surface area contributed by atoms with Gasteiger partial charge in [0, 0.05) is 18.2 Å². The molecule has 166 valence electrons. The smallest absolute Gasteiger partial charge is 0.477 e. The third-order valence-corrected chi connectivity index (χ3v) is 3.19. The van der Waals surface area contributed by atoms with E-state index in [4.69, 9.17) is 9.47 Å². The van der Waals surface area contributed by atoms with Crippen molar-refractivity contribution < 1.29 is 60.3 Å². The lowest BCUT2D eigenvalue weighted by atomic mass is 9.76. The highest BCUT2D eigenvalue weighted by atomic mass is 19.4. The zero-order valence-corrected chi connectivity index (χ0v) is 15.7. The molecule has 0 aliphatic heterocycles. The Hall–Kier alpha value is -3.22. The molecule has 0 atom stereocenters. The van der Waals surface area contributed by atoms with Crippen molar-refractivity contribution in [2.75, 3.05) is 0 Å². The van der Waals surface area contributed by atoms with Crippen LogP contribution in [0.5, 0.6) is 28.7 Å². The fraction of sp³-hybridized carbons (Fsp3) is 0.188. The zero-order chi connectivity index (χ0) is 23.6. The zero-order valence-electron chi connectivity index (χ0n) is 15.7. The number of carbonyl (C=O) groups is 1. The molecule has 31 heavy (non-hydrogen) atoms. The van der Waals surface area contributed by atoms with Crippen LogP contribution in [0, 0.1) is 5.82 Å². The SMILES string of the molecule is BC(B)(O)Oc1cc(OC(F)(F)F)ccc1Oc1cc(OC(F)F)cc(F)c1C(=O)O. The summed E-state index contributed by atoms with van der Waals surface area (Å²) in [4.78, 5) is 11.4. The summed E-state index contributed by atoms with van der Waals surface area (Å²) in [6.07, 6.45) is -5.06. The second kappa shape index (κ2) is 8.88. The summed E-state index contributed by atoms with van der Waals surface area (Å²) in [5.74, 6) is -6.76. The van der Waals surface area contributed by atoms with Crippen molar-refractivity contribution in [2.45, 2.75) is 18.6 Å². The molecule has 0 radical (unpaired) electrons. The van der Waals surface area contributed by atoms with Gasteiger partial charge in [-0.3, -0.25) is 0 Å². The maximum Gasteiger partial charge on any atom is 0.573 e. The molecule has 15 heteroatoms. The highest BCUT2D eigenvalue weighted by molar-refractivity contribution is 6.37. The first-order chi connectivity index (χ1) is 14.1. The largest absolute Gasteiger partial charge is 0.573 e. The molecule has 2 rings (SSSR count). The fourth-order valence-electron chi connectivity index (χ4n) is 2.25. The normalized spacial score (nSPS) is 11.9. The molecule has 0 bridgehead atoms. The molecule has 0 amide bonds. The second-order valence-corrected chi connectivity index (χ2v) is 6.27. The summed E-state index contributed by atoms with van der Waals surface area (Å²) >= 11 is 0. The Morgan fingerprint density at radius 2 is 1.58 bits per heavy atom. The molecule has 0 unspecified atom stereocenters. The van der Waals surface area contributed by atoms with Crippen molar-refractivity contribution in [3.05, 3.63) is 41.7 Å². The minimum Gasteiger partial charge on any atom is -0.477 e. The number of benzene rings is 2. The Labute approximate surface area is 171 Å². The van der Waals surface area contributed by atoms with E-state index in [2.05, 4.69) is 9.47 Å². The summed E-state index contributed by atoms with van der Waals surface area (Å²) in [6, 6.07) is 3.28. The second-order valence-electron chi connectivity index (χ2n) is 6.27. The molecule has 2 aromatic carbocycles. The van der Waals surface area contributed by atoms with Gasteiger partial charge in [-0.15, -0.1) is 13.2 Å². The maximum atomic E-state index is 14.1. The van der Waals surface area contributed by atoms with Gasteiger partial charge in [-0.2, -0.15) is 8.78 Å². The number of halogens is 6. The Kier molecular flexibility index (Phi) is 6.89. The number of hydrogen-bond donors (Lipinski definition) is 2. The van der Waals surface area contributed by atoms with E-state index in [0.29, 0.717) is 18.2 Å². The Morgan fingerprint density at radius 3 is 2.10 bits per heavy atom. The van der Waals surface area contributed by atoms with Gasteiger partial charge in [0.2, 0.25) is 0 Å². The van der Waals surface area contributed by atoms with Gasteiger partial charge in [-0.25, -0.2) is 9.18 Å². The Balaban J connectivity index is 2.55. The quantitative estimate of drug-likeness (QED) is 0.360. The van der Waals surface area contributed by atoms with E-state index in [9.17, 15) is 41.4 Å². The van der Waals surface area contributed by atoms with E-state index >= 15 is 0 Å². The first-order valence-electron chi connectivity index (χ1n) is 8.15. The summed E-state index contributed by atoms with van der Waals surface area (Å²) in [5, 5.41) is 19.0. The van der Waals surface area contributed by atoms with Crippen LogP contribution in [0.1, 0.15) is 10.4 Å². The lowest BCUT2D eigenvalue weighted by Gasteiger charge is -2.23. The van der Waals surface area contributed by atoms with E-state index in [-0.39, 0.29) is 0 Å². The van der Waals surface area contributed by atoms with Crippen molar-refractivity contribution in [2.24, 2.45) is 0 Å². The summed E-state index contributed by atoms with van der Waals surface area (Å²) < 4.78 is 94.5. The summed E-state index contributed by atoms with van der Waals surface area (Å²) in [5.41, 5.74) is -3.03. The maximum absolute atomic E-state index is 14.1. The van der Waals surface area contributed by atoms with Gasteiger partial charge >= 0.3 is 18.9 Å². The molecule has 0 aromatic heterocycles. The highest BCUT2D eigenvalue weighted by Crippen LogP contribution is 2.40. The van der Waals surface area contributed by atoms with Crippen LogP contribution >= 0.6 is 0 Å². The molecule has 0 heterocycles. The molecular weight excluding hydrogens is 440 g/mol. The number of hydrogen-bond acceptors (Lipinski definition) is 6. The van der Waals surface area contributed by atoms with E-state index < -0.39 is 64.7 Å². The van der Waals surface area contributed by atoms with Crippen LogP contribution in [0.3, 0.4) is 0 Å². The van der Waals surface area contributed by atoms with Gasteiger partial charge in [0.15, 0.2) is 27.2 Å². The molecule has 0 aliphatic carbocycles. The van der Waals surface area contributed by atoms with E-state index in [1.807, 2.05) is 0 Å². The molecule has 2 N–H and O–H groups in total. The number of carboxylic acid groups (broad SMARTS) is 1. The van der Waals surface area contributed by atoms with Crippen LogP contribution in [0.2, 0.25) is 0 Å². The number of carboxylic acids is 1. The van der Waals surface area contributed by atoms with Crippen molar-refractivity contribution in [1.82, 2.24) is 0 Å². The van der Waals surface area contributed by atoms with Crippen molar-refractivity contribution in [3.8, 4) is 28.7 Å². The van der Waals surface area contributed by atoms with Gasteiger partial charge < -0.3 is 29.2 Å². The average molecular weight is 452 g/mol. The van der Waals surface area contributed by atoms with Crippen LogP contribution in [-0.4, -0.2) is 50.4 Å². The third-order valence-electron chi connectivity index (χ3n) is 3.19. The lowest BCUT2D eigenvalue weighted by molar-refractivity contribution is -0.274. The van der Waals surface area contributed by atoms with Crippen LogP contribution in [0.15, 0.2) is 30.3 Å². The third kappa shape index (κ3) is 7.20. The topological polar surface area (TPSA) is 94.5 Å². The minimum atomic E-state index is -5.06. The van der Waals surface area contributed by atoms with E-state index in [1.54, 1.807) is 0 Å². The van der Waals surface area contributed by atoms with Crippen molar-refractivity contribution in [1.29, 1.82) is 0 Å². The predicted molar refractivity (Wildman–Crippen MR) is 95.9 cm³/mol. The standard InChI is InChI=1S/C16H12B2F6O7/c17-15(18,27)31-10-4-6(30-16(22,23)24)1-2-9(10)29-11-5-7(28-14(20)21)3-8(19)12(11)13(25)26/h1-5,14,27H,17-18H2,(H,25,26). The van der Waals surface area contributed by atoms with Gasteiger partial charge in [0.05, 0.1) is 0 Å². The van der Waals surface area contributed by atoms with Crippen LogP contribution in [-0.2, 0) is 0 Å². The molecule has 0 saturated heterocycles. The number of aromatic carboxylic acids is 1. The summed E-state index contributed by atoms with van der Waals surface area (Å²) in [6.45, 7) is -3.36. The Morgan fingerprint density at radius 1 is 0.968 bits per heavy atom. The fourth-order valence-corrected chi connectivity index (χ4v) is 2.25. The highest BCUT2D eigenvalue weighted by Gasteiger charge is 2.32. The number of rotatable bonds is 8. The molecular formula is C16H12B2F6O7. The lowest BCUT2D eigenvalue weighted by Crippen LogP contribution is -2.36. The molecule has 0 spiro atoms. The van der Waals surface area contributed by atoms with Crippen LogP contribution < -0.4 is 18.9 Å². The average Bonchev–Trinajstić information content (AvgIpc) is 2.53. The first-order valence-corrected chi connectivity index (χ1v) is 8.15. The molecule has 7 nitrogen and oxygen atoms in total. The number of aliphatic hydroxyl groups is 1. The van der Waals surface area contributed by atoms with Crippen LogP contribution in [0.25, 0.3) is 0 Å². The number of ether oxygens (including phenoxy) is 4. The van der Waals surface area contributed by atoms with E-state index in [0.717, 1.165) is 27.8 Å². The van der Waals surface area contributed by atoms with Gasteiger partial charge in [-0.05, 0) is 12.1 Å². The number of alkyl halides is 5. The van der Waals surface area contributed by atoms with Gasteiger partial charge in [-0.1, -0.05) is 0 Å². The van der Waals surface area contributed by atoms with Crippen molar-refractivity contribution in [3.63, 3.8) is 0 Å². The monoisotopic (exact) mass is 452 g/mol. The summed E-state index contributed by atoms with van der Waals surface area (Å²) in [7, 11) is 2.24. The van der Waals surface area contributed by atoms with Crippen LogP contribution in [0.4, 0.5) is 26.3 Å². The molecule has 0 fully saturated rings. The minimum absolute atomic E-state index is 0.386. The van der Waals surface area contributed by atoms with E-state index in [1.165, 1.54) is 0 Å². The Bertz CT molecular complexity index is 963.